The summed E-state index contributed by atoms with van der Waals surface area (Å²) in [5.74, 6) is 0.183. The van der Waals surface area contributed by atoms with Crippen molar-refractivity contribution in [3.63, 3.8) is 0 Å². The lowest BCUT2D eigenvalue weighted by Crippen LogP contribution is -2.59. The highest BCUT2D eigenvalue weighted by molar-refractivity contribution is 5.93. The van der Waals surface area contributed by atoms with E-state index in [-0.39, 0.29) is 5.91 Å². The van der Waals surface area contributed by atoms with Gasteiger partial charge in [0.15, 0.2) is 0 Å². The zero-order valence-corrected chi connectivity index (χ0v) is 11.7. The van der Waals surface area contributed by atoms with E-state index in [1.54, 1.807) is 18.2 Å². The van der Waals surface area contributed by atoms with Crippen LogP contribution in [0.15, 0.2) is 48.5 Å². The van der Waals surface area contributed by atoms with Crippen LogP contribution >= 0.6 is 0 Å². The number of carbonyl (C=O) groups excluding carboxylic acids is 1. The van der Waals surface area contributed by atoms with Crippen molar-refractivity contribution in [2.75, 3.05) is 20.3 Å². The summed E-state index contributed by atoms with van der Waals surface area (Å²) in [6.07, 6.45) is 0. The first-order chi connectivity index (χ1) is 10.2. The topological polar surface area (TPSA) is 60.5 Å². The van der Waals surface area contributed by atoms with E-state index in [9.17, 15) is 4.79 Å². The molecule has 3 rings (SSSR count). The minimum atomic E-state index is -0.469. The second kappa shape index (κ2) is 5.54. The second-order valence-corrected chi connectivity index (χ2v) is 4.96. The smallest absolute Gasteiger partial charge is 0.270 e. The number of nitrogens with zero attached hydrogens (tertiary/aromatic N) is 1. The van der Waals surface area contributed by atoms with E-state index < -0.39 is 5.54 Å². The number of pyridine rings is 1. The fraction of sp³-hybridized carbons (Fsp3) is 0.250. The quantitative estimate of drug-likeness (QED) is 0.929. The summed E-state index contributed by atoms with van der Waals surface area (Å²) in [4.78, 5) is 16.6. The Balaban J connectivity index is 1.82. The van der Waals surface area contributed by atoms with E-state index in [2.05, 4.69) is 10.3 Å². The Morgan fingerprint density at radius 2 is 1.95 bits per heavy atom. The lowest BCUT2D eigenvalue weighted by molar-refractivity contribution is -0.0734. The molecule has 2 aromatic rings. The average Bonchev–Trinajstić information content (AvgIpc) is 2.51. The zero-order valence-electron chi connectivity index (χ0n) is 11.7. The van der Waals surface area contributed by atoms with Crippen LogP contribution < -0.4 is 10.1 Å². The predicted octanol–water partition coefficient (Wildman–Crippen LogP) is 1.75. The molecule has 0 spiro atoms. The summed E-state index contributed by atoms with van der Waals surface area (Å²) >= 11 is 0. The Kier molecular flexibility index (Phi) is 3.58. The molecular formula is C16H16N2O3. The molecule has 2 heterocycles. The van der Waals surface area contributed by atoms with Crippen LogP contribution in [-0.2, 0) is 10.3 Å². The van der Waals surface area contributed by atoms with Crippen molar-refractivity contribution in [3.8, 4) is 5.88 Å². The van der Waals surface area contributed by atoms with Gasteiger partial charge < -0.3 is 14.8 Å². The molecule has 0 bridgehead atoms. The third kappa shape index (κ3) is 2.60. The van der Waals surface area contributed by atoms with Crippen molar-refractivity contribution in [3.05, 3.63) is 59.8 Å². The fourth-order valence-electron chi connectivity index (χ4n) is 2.31. The second-order valence-electron chi connectivity index (χ2n) is 4.96. The van der Waals surface area contributed by atoms with Crippen LogP contribution in [0.3, 0.4) is 0 Å². The van der Waals surface area contributed by atoms with Crippen molar-refractivity contribution in [2.45, 2.75) is 5.54 Å². The third-order valence-electron chi connectivity index (χ3n) is 3.54. The number of benzene rings is 1. The van der Waals surface area contributed by atoms with Gasteiger partial charge in [-0.05, 0) is 11.6 Å². The Bertz CT molecular complexity index is 639. The molecule has 1 aromatic carbocycles. The van der Waals surface area contributed by atoms with Crippen molar-refractivity contribution in [1.29, 1.82) is 0 Å². The van der Waals surface area contributed by atoms with Crippen LogP contribution in [0.1, 0.15) is 16.1 Å². The number of ether oxygens (including phenoxy) is 2. The van der Waals surface area contributed by atoms with Gasteiger partial charge in [-0.15, -0.1) is 0 Å². The Morgan fingerprint density at radius 3 is 2.57 bits per heavy atom. The predicted molar refractivity (Wildman–Crippen MR) is 77.2 cm³/mol. The maximum atomic E-state index is 12.4. The van der Waals surface area contributed by atoms with E-state index in [0.717, 1.165) is 5.56 Å². The van der Waals surface area contributed by atoms with Gasteiger partial charge in [0.2, 0.25) is 5.88 Å². The first kappa shape index (κ1) is 13.6. The number of amides is 1. The molecule has 1 amide bonds. The van der Waals surface area contributed by atoms with Gasteiger partial charge in [0, 0.05) is 6.07 Å². The molecule has 1 N–H and O–H groups in total. The maximum absolute atomic E-state index is 12.4. The van der Waals surface area contributed by atoms with Gasteiger partial charge in [0.05, 0.1) is 20.3 Å². The largest absolute Gasteiger partial charge is 0.481 e. The van der Waals surface area contributed by atoms with Gasteiger partial charge in [0.25, 0.3) is 5.91 Å². The number of methoxy groups -OCH3 is 1. The van der Waals surface area contributed by atoms with Gasteiger partial charge in [-0.3, -0.25) is 4.79 Å². The number of hydrogen-bond acceptors (Lipinski definition) is 4. The number of aromatic nitrogens is 1. The molecule has 108 valence electrons. The Morgan fingerprint density at radius 1 is 1.19 bits per heavy atom. The van der Waals surface area contributed by atoms with Crippen LogP contribution in [0, 0.1) is 0 Å². The third-order valence-corrected chi connectivity index (χ3v) is 3.54. The zero-order chi connectivity index (χ0) is 14.7. The molecule has 0 saturated carbocycles. The Hall–Kier alpha value is -2.40. The standard InChI is InChI=1S/C16H16N2O3/c1-20-14-9-5-8-13(17-14)15(19)18-16(10-21-11-16)12-6-3-2-4-7-12/h2-9H,10-11H2,1H3,(H,18,19). The molecule has 21 heavy (non-hydrogen) atoms. The number of hydrogen-bond donors (Lipinski definition) is 1. The van der Waals surface area contributed by atoms with Crippen molar-refractivity contribution in [2.24, 2.45) is 0 Å². The molecule has 1 aliphatic rings. The van der Waals surface area contributed by atoms with E-state index in [1.165, 1.54) is 7.11 Å². The highest BCUT2D eigenvalue weighted by Gasteiger charge is 2.42. The van der Waals surface area contributed by atoms with Gasteiger partial charge >= 0.3 is 0 Å². The van der Waals surface area contributed by atoms with Crippen LogP contribution in [0.4, 0.5) is 0 Å². The minimum absolute atomic E-state index is 0.235. The molecule has 0 aliphatic carbocycles. The van der Waals surface area contributed by atoms with Crippen molar-refractivity contribution < 1.29 is 14.3 Å². The van der Waals surface area contributed by atoms with E-state index in [4.69, 9.17) is 9.47 Å². The molecule has 0 atom stereocenters. The Labute approximate surface area is 122 Å². The van der Waals surface area contributed by atoms with Crippen LogP contribution in [0.5, 0.6) is 5.88 Å². The molecule has 1 fully saturated rings. The monoisotopic (exact) mass is 284 g/mol. The highest BCUT2D eigenvalue weighted by atomic mass is 16.5. The first-order valence-corrected chi connectivity index (χ1v) is 6.70. The summed E-state index contributed by atoms with van der Waals surface area (Å²) < 4.78 is 10.4. The van der Waals surface area contributed by atoms with Crippen LogP contribution in [0.2, 0.25) is 0 Å². The van der Waals surface area contributed by atoms with E-state index in [0.29, 0.717) is 24.8 Å². The molecule has 1 saturated heterocycles. The first-order valence-electron chi connectivity index (χ1n) is 6.70. The molecule has 1 aromatic heterocycles. The maximum Gasteiger partial charge on any atom is 0.270 e. The average molecular weight is 284 g/mol. The van der Waals surface area contributed by atoms with Crippen LogP contribution in [0.25, 0.3) is 0 Å². The van der Waals surface area contributed by atoms with Gasteiger partial charge in [-0.1, -0.05) is 36.4 Å². The summed E-state index contributed by atoms with van der Waals surface area (Å²) in [5.41, 5.74) is 0.896. The summed E-state index contributed by atoms with van der Waals surface area (Å²) in [5, 5.41) is 3.03. The summed E-state index contributed by atoms with van der Waals surface area (Å²) in [6, 6.07) is 14.9. The molecule has 0 unspecified atom stereocenters. The van der Waals surface area contributed by atoms with Crippen LogP contribution in [-0.4, -0.2) is 31.2 Å². The van der Waals surface area contributed by atoms with E-state index >= 15 is 0 Å². The molecule has 1 aliphatic heterocycles. The lowest BCUT2D eigenvalue weighted by atomic mass is 9.88. The molecule has 5 heteroatoms. The van der Waals surface area contributed by atoms with E-state index in [1.807, 2.05) is 30.3 Å². The number of rotatable bonds is 4. The highest BCUT2D eigenvalue weighted by Crippen LogP contribution is 2.29. The SMILES string of the molecule is COc1cccc(C(=O)NC2(c3ccccc3)COC2)n1. The fourth-order valence-corrected chi connectivity index (χ4v) is 2.31. The van der Waals surface area contributed by atoms with Gasteiger partial charge in [-0.2, -0.15) is 0 Å². The summed E-state index contributed by atoms with van der Waals surface area (Å²) in [7, 11) is 1.52. The molecule has 5 nitrogen and oxygen atoms in total. The number of nitrogens with one attached hydrogen (secondary N) is 1. The summed E-state index contributed by atoms with van der Waals surface area (Å²) in [6.45, 7) is 0.930. The van der Waals surface area contributed by atoms with Crippen molar-refractivity contribution in [1.82, 2.24) is 10.3 Å². The normalized spacial score (nSPS) is 15.9. The number of carbonyl (C=O) groups is 1. The molecule has 0 radical (unpaired) electrons. The molecular weight excluding hydrogens is 268 g/mol. The lowest BCUT2D eigenvalue weighted by Gasteiger charge is -2.42. The van der Waals surface area contributed by atoms with Gasteiger partial charge in [-0.25, -0.2) is 4.98 Å². The van der Waals surface area contributed by atoms with Crippen molar-refractivity contribution >= 4 is 5.91 Å². The van der Waals surface area contributed by atoms with Gasteiger partial charge in [0.1, 0.15) is 11.2 Å². The minimum Gasteiger partial charge on any atom is -0.481 e.